The number of nitrogens with one attached hydrogen (secondary N) is 4. The van der Waals surface area contributed by atoms with Crippen LogP contribution < -0.4 is 31.1 Å². The Kier molecular flexibility index (Phi) is 26.7. The van der Waals surface area contributed by atoms with Crippen molar-refractivity contribution in [1.29, 1.82) is 0 Å². The monoisotopic (exact) mass is 1260 g/mol. The van der Waals surface area contributed by atoms with E-state index < -0.39 is 0 Å². The van der Waals surface area contributed by atoms with E-state index in [4.69, 9.17) is 30.8 Å². The highest BCUT2D eigenvalue weighted by Gasteiger charge is 2.30. The van der Waals surface area contributed by atoms with Crippen LogP contribution in [0.4, 0.5) is 17.2 Å². The zero-order valence-corrected chi connectivity index (χ0v) is 53.8. The van der Waals surface area contributed by atoms with E-state index in [0.717, 1.165) is 122 Å². The lowest BCUT2D eigenvalue weighted by Crippen LogP contribution is -2.47. The molecule has 1 aliphatic carbocycles. The zero-order chi connectivity index (χ0) is 62.2. The number of aromatic nitrogens is 4. The molecule has 2 fully saturated rings. The van der Waals surface area contributed by atoms with Gasteiger partial charge < -0.3 is 49.8 Å². The maximum atomic E-state index is 13.9. The van der Waals surface area contributed by atoms with Gasteiger partial charge in [0.05, 0.1) is 83.2 Å². The van der Waals surface area contributed by atoms with Crippen LogP contribution in [0.2, 0.25) is 5.02 Å². The predicted octanol–water partition coefficient (Wildman–Crippen LogP) is 9.23. The van der Waals surface area contributed by atoms with Crippen LogP contribution in [-0.2, 0) is 52.8 Å². The van der Waals surface area contributed by atoms with Gasteiger partial charge in [0.1, 0.15) is 23.1 Å². The van der Waals surface area contributed by atoms with Gasteiger partial charge in [0.2, 0.25) is 23.6 Å². The van der Waals surface area contributed by atoms with Crippen molar-refractivity contribution in [2.45, 2.75) is 111 Å². The zero-order valence-electron chi connectivity index (χ0n) is 51.4. The number of hydrogen-bond donors (Lipinski definition) is 4. The van der Waals surface area contributed by atoms with E-state index in [9.17, 15) is 28.8 Å². The Hall–Kier alpha value is -6.66. The number of Topliss-reactive ketones (excluding diaryl/α,β-unsaturated/α-hetero) is 1. The molecule has 4 N–H and O–H groups in total. The van der Waals surface area contributed by atoms with Gasteiger partial charge in [-0.15, -0.1) is 22.7 Å². The molecule has 1 aliphatic heterocycles. The van der Waals surface area contributed by atoms with Gasteiger partial charge in [-0.1, -0.05) is 49.2 Å². The number of thiophene rings is 1. The highest BCUT2D eigenvalue weighted by molar-refractivity contribution is 7.17. The number of benzene rings is 2. The number of anilines is 3. The summed E-state index contributed by atoms with van der Waals surface area (Å²) in [6, 6.07) is 19.5. The maximum absolute atomic E-state index is 13.9. The van der Waals surface area contributed by atoms with Crippen molar-refractivity contribution in [1.82, 2.24) is 40.4 Å². The Bertz CT molecular complexity index is 3240. The van der Waals surface area contributed by atoms with Gasteiger partial charge >= 0.3 is 0 Å². The number of likely N-dealkylation sites (N-methyl/N-ethyl adjacent to an activating group) is 1. The second-order valence-corrected chi connectivity index (χ2v) is 24.9. The fourth-order valence-electron chi connectivity index (χ4n) is 11.2. The number of carbonyl (C=O) groups is 6. The number of aryl methyl sites for hydroxylation is 3. The molecule has 2 aliphatic rings. The summed E-state index contributed by atoms with van der Waals surface area (Å²) in [7, 11) is 0. The Morgan fingerprint density at radius 3 is 2.25 bits per heavy atom. The molecule has 1 saturated heterocycles. The predicted molar refractivity (Wildman–Crippen MR) is 347 cm³/mol. The third-order valence-electron chi connectivity index (χ3n) is 16.1. The van der Waals surface area contributed by atoms with Crippen molar-refractivity contribution < 1.29 is 43.0 Å². The number of fused-ring (bicyclic) bond motifs is 1. The highest BCUT2D eigenvalue weighted by Crippen LogP contribution is 2.34. The van der Waals surface area contributed by atoms with Crippen LogP contribution in [0.5, 0.6) is 0 Å². The molecule has 0 spiro atoms. The molecule has 23 heteroatoms. The number of ether oxygens (including phenoxy) is 3. The number of thiazole rings is 1. The summed E-state index contributed by atoms with van der Waals surface area (Å²) in [4.78, 5) is 99.1. The van der Waals surface area contributed by atoms with Gasteiger partial charge in [-0.3, -0.25) is 33.7 Å². The molecular weight excluding hydrogens is 1180 g/mol. The number of carbonyl (C=O) groups excluding carboxylic acids is 6. The second-order valence-electron chi connectivity index (χ2n) is 22.5. The summed E-state index contributed by atoms with van der Waals surface area (Å²) in [5.41, 5.74) is 5.84. The van der Waals surface area contributed by atoms with Gasteiger partial charge in [-0.05, 0) is 118 Å². The average Bonchev–Trinajstić information content (AvgIpc) is 3.28. The first kappa shape index (κ1) is 67.3. The molecule has 474 valence electrons. The van der Waals surface area contributed by atoms with Gasteiger partial charge in [0.25, 0.3) is 5.91 Å². The van der Waals surface area contributed by atoms with E-state index in [1.807, 2.05) is 73.2 Å². The smallest absolute Gasteiger partial charge is 0.267 e. The molecule has 8 rings (SSSR count). The van der Waals surface area contributed by atoms with Gasteiger partial charge in [0.15, 0.2) is 5.78 Å². The number of para-hydroxylation sites is 1. The standard InChI is InChI=1S/C65H86ClN11O9S2/c1-5-47-13-11-14-51(38-47)76(6-2)62(81)44-77-53-22-37-87-56(53)42-54(77)55(78)39-48-17-19-49(20-18-48)64(82)69-23-9-7-8-16-59(79)67-25-33-86-36-35-84-31-21-60(80)68-24-32-85-34-30-74-26-28-75(29-27-74)58-40-50(71-46(4)72-58)41-61-70-43-57(88-61)65(83)73-63-45(3)12-10-15-52(63)66/h10-15,22,37-38,40,42-43,48-49H,5-9,16-21,23-36,39,41,44H2,1-4H3,(H,67,79)(H,68,80)(H,69,82)(H,73,83). The summed E-state index contributed by atoms with van der Waals surface area (Å²) in [5.74, 6) is 1.33. The van der Waals surface area contributed by atoms with Crippen molar-refractivity contribution in [2.24, 2.45) is 11.8 Å². The largest absolute Gasteiger partial charge is 0.379 e. The lowest BCUT2D eigenvalue weighted by atomic mass is 9.79. The average molecular weight is 1270 g/mol. The summed E-state index contributed by atoms with van der Waals surface area (Å²) in [6.07, 6.45) is 9.42. The lowest BCUT2D eigenvalue weighted by Gasteiger charge is -2.35. The fourth-order valence-corrected chi connectivity index (χ4v) is 13.1. The molecule has 6 aromatic rings. The molecule has 20 nitrogen and oxygen atoms in total. The normalized spacial score (nSPS) is 15.3. The molecule has 1 saturated carbocycles. The van der Waals surface area contributed by atoms with Crippen LogP contribution in [0.25, 0.3) is 10.2 Å². The number of rotatable bonds is 35. The number of unbranched alkanes of at least 4 members (excludes halogenated alkanes) is 2. The summed E-state index contributed by atoms with van der Waals surface area (Å²) >= 11 is 9.22. The molecule has 4 aromatic heterocycles. The second kappa shape index (κ2) is 34.9. The first-order valence-electron chi connectivity index (χ1n) is 31.1. The van der Waals surface area contributed by atoms with E-state index in [0.29, 0.717) is 106 Å². The minimum atomic E-state index is -0.252. The van der Waals surface area contributed by atoms with Crippen molar-refractivity contribution in [2.75, 3.05) is 114 Å². The third-order valence-corrected chi connectivity index (χ3v) is 18.3. The van der Waals surface area contributed by atoms with Crippen LogP contribution in [0.15, 0.2) is 72.2 Å². The number of halogens is 1. The van der Waals surface area contributed by atoms with Crippen molar-refractivity contribution >= 4 is 97.0 Å². The molecule has 0 radical (unpaired) electrons. The van der Waals surface area contributed by atoms with E-state index in [-0.39, 0.29) is 66.7 Å². The number of nitrogens with zero attached hydrogens (tertiary/aromatic N) is 7. The molecule has 5 heterocycles. The molecule has 88 heavy (non-hydrogen) atoms. The van der Waals surface area contributed by atoms with Crippen LogP contribution in [0, 0.1) is 25.7 Å². The van der Waals surface area contributed by atoms with Gasteiger partial charge in [0, 0.05) is 102 Å². The number of piperazine rings is 1. The summed E-state index contributed by atoms with van der Waals surface area (Å²) in [5, 5.41) is 15.0. The quantitative estimate of drug-likeness (QED) is 0.0215. The lowest BCUT2D eigenvalue weighted by molar-refractivity contribution is -0.126. The van der Waals surface area contributed by atoms with Crippen molar-refractivity contribution in [3.63, 3.8) is 0 Å². The number of ketones is 1. The Balaban J connectivity index is 0.579. The van der Waals surface area contributed by atoms with Crippen molar-refractivity contribution in [3.05, 3.63) is 115 Å². The van der Waals surface area contributed by atoms with Crippen LogP contribution in [0.3, 0.4) is 0 Å². The Morgan fingerprint density at radius 2 is 1.50 bits per heavy atom. The summed E-state index contributed by atoms with van der Waals surface area (Å²) < 4.78 is 19.9. The van der Waals surface area contributed by atoms with E-state index >= 15 is 0 Å². The topological polar surface area (TPSA) is 232 Å². The molecule has 0 atom stereocenters. The maximum Gasteiger partial charge on any atom is 0.267 e. The minimum Gasteiger partial charge on any atom is -0.379 e. The number of amides is 5. The highest BCUT2D eigenvalue weighted by atomic mass is 35.5. The van der Waals surface area contributed by atoms with Crippen LogP contribution in [-0.4, -0.2) is 158 Å². The number of hydrogen-bond acceptors (Lipinski definition) is 16. The van der Waals surface area contributed by atoms with E-state index in [1.165, 1.54) is 16.9 Å². The van der Waals surface area contributed by atoms with Gasteiger partial charge in [-0.25, -0.2) is 15.0 Å². The molecule has 0 bridgehead atoms. The first-order chi connectivity index (χ1) is 42.7. The Morgan fingerprint density at radius 1 is 0.761 bits per heavy atom. The van der Waals surface area contributed by atoms with Crippen LogP contribution >= 0.6 is 34.3 Å². The van der Waals surface area contributed by atoms with Crippen LogP contribution in [0.1, 0.15) is 126 Å². The van der Waals surface area contributed by atoms with Crippen molar-refractivity contribution in [3.8, 4) is 0 Å². The summed E-state index contributed by atoms with van der Waals surface area (Å²) in [6.45, 7) is 16.3. The molecule has 2 aromatic carbocycles. The molecular formula is C65H86ClN11O9S2. The van der Waals surface area contributed by atoms with E-state index in [1.54, 1.807) is 28.5 Å². The SMILES string of the molecule is CCc1cccc(N(CC)C(=O)Cn2c(C(=O)CC3CCC(C(=O)NCCCCCC(=O)NCCOCCOCCC(=O)NCCOCCN4CCN(c5cc(Cc6ncc(C(=O)Nc7c(C)cccc7Cl)s6)nc(C)n5)CC4)CC3)cc3sccc32)c1. The fraction of sp³-hybridized carbons (Fsp3) is 0.523. The first-order valence-corrected chi connectivity index (χ1v) is 33.2. The minimum absolute atomic E-state index is 0.0373. The molecule has 5 amide bonds. The van der Waals surface area contributed by atoms with E-state index in [2.05, 4.69) is 60.1 Å². The molecule has 0 unspecified atom stereocenters. The van der Waals surface area contributed by atoms with Gasteiger partial charge in [-0.2, -0.15) is 0 Å². The third kappa shape index (κ3) is 20.4. The Labute approximate surface area is 529 Å².